The highest BCUT2D eigenvalue weighted by Gasteiger charge is 2.90. The Hall–Kier alpha value is -0.320. The molecule has 7 bridgehead atoms. The summed E-state index contributed by atoms with van der Waals surface area (Å²) in [5, 5.41) is 48.5. The monoisotopic (exact) mass is 453 g/mol. The van der Waals surface area contributed by atoms with Gasteiger partial charge in [0.25, 0.3) is 0 Å². The SMILES string of the molecule is CCN1C[C@]2(COC)CCC(O)C34C1C(C(OC)[C@@H]32)[C@@]1(O)C[C@H](OC)[C@H]2C[C@]4(O)[C@@H]1[C@H]2O. The van der Waals surface area contributed by atoms with Crippen LogP contribution in [0.4, 0.5) is 0 Å². The van der Waals surface area contributed by atoms with Gasteiger partial charge >= 0.3 is 0 Å². The Kier molecular flexibility index (Phi) is 4.62. The van der Waals surface area contributed by atoms with Gasteiger partial charge < -0.3 is 34.6 Å². The zero-order chi connectivity index (χ0) is 22.8. The van der Waals surface area contributed by atoms with Gasteiger partial charge in [0.1, 0.15) is 0 Å². The second kappa shape index (κ2) is 6.66. The molecule has 182 valence electrons. The van der Waals surface area contributed by atoms with Gasteiger partial charge in [-0.05, 0) is 25.8 Å². The predicted molar refractivity (Wildman–Crippen MR) is 114 cm³/mol. The average molecular weight is 454 g/mol. The van der Waals surface area contributed by atoms with E-state index in [0.29, 0.717) is 25.9 Å². The summed E-state index contributed by atoms with van der Waals surface area (Å²) in [6, 6.07) is -0.226. The van der Waals surface area contributed by atoms with Crippen LogP contribution < -0.4 is 0 Å². The molecule has 1 spiro atoms. The molecule has 6 aliphatic rings. The molecule has 0 aromatic carbocycles. The topological polar surface area (TPSA) is 112 Å². The van der Waals surface area contributed by atoms with Crippen molar-refractivity contribution in [3.63, 3.8) is 0 Å². The Morgan fingerprint density at radius 1 is 1.03 bits per heavy atom. The second-order valence-electron chi connectivity index (χ2n) is 11.7. The second-order valence-corrected chi connectivity index (χ2v) is 11.7. The van der Waals surface area contributed by atoms with Gasteiger partial charge in [0.2, 0.25) is 0 Å². The molecular weight excluding hydrogens is 414 g/mol. The molecule has 1 heterocycles. The van der Waals surface area contributed by atoms with Gasteiger partial charge in [-0.15, -0.1) is 0 Å². The van der Waals surface area contributed by atoms with Crippen molar-refractivity contribution in [3.05, 3.63) is 0 Å². The third-order valence-electron chi connectivity index (χ3n) is 11.2. The Balaban J connectivity index is 1.67. The number of piperidine rings is 1. The highest BCUT2D eigenvalue weighted by atomic mass is 16.5. The molecule has 4 N–H and O–H groups in total. The van der Waals surface area contributed by atoms with Crippen molar-refractivity contribution in [2.24, 2.45) is 34.5 Å². The maximum atomic E-state index is 12.8. The minimum absolute atomic E-state index is 0.159. The van der Waals surface area contributed by atoms with Gasteiger partial charge in [0.15, 0.2) is 0 Å². The normalized spacial score (nSPS) is 62.4. The lowest BCUT2D eigenvalue weighted by molar-refractivity contribution is -0.325. The first kappa shape index (κ1) is 22.2. The van der Waals surface area contributed by atoms with Gasteiger partial charge in [0, 0.05) is 74.8 Å². The van der Waals surface area contributed by atoms with Crippen LogP contribution in [-0.4, -0.2) is 108 Å². The number of rotatable bonds is 5. The third kappa shape index (κ3) is 2.03. The van der Waals surface area contributed by atoms with E-state index in [1.807, 2.05) is 0 Å². The summed E-state index contributed by atoms with van der Waals surface area (Å²) in [5.74, 6) is -1.47. The summed E-state index contributed by atoms with van der Waals surface area (Å²) < 4.78 is 17.8. The molecule has 5 aliphatic carbocycles. The smallest absolute Gasteiger partial charge is 0.0832 e. The van der Waals surface area contributed by atoms with Crippen LogP contribution in [0.3, 0.4) is 0 Å². The van der Waals surface area contributed by atoms with Crippen molar-refractivity contribution in [1.82, 2.24) is 4.90 Å². The van der Waals surface area contributed by atoms with Crippen LogP contribution >= 0.6 is 0 Å². The van der Waals surface area contributed by atoms with Gasteiger partial charge in [-0.25, -0.2) is 0 Å². The van der Waals surface area contributed by atoms with E-state index in [0.717, 1.165) is 19.5 Å². The van der Waals surface area contributed by atoms with Crippen LogP contribution in [0.25, 0.3) is 0 Å². The molecule has 8 nitrogen and oxygen atoms in total. The van der Waals surface area contributed by atoms with Crippen molar-refractivity contribution >= 4 is 0 Å². The van der Waals surface area contributed by atoms with E-state index in [1.54, 1.807) is 21.3 Å². The molecule has 0 aromatic heterocycles. The standard InChI is InChI=1S/C24H39NO7/c1-5-25-10-21(11-30-2)7-6-14(26)24-19(21)17(32-4)15(20(24)25)22(28)9-13(31-3)12-8-23(24,29)18(22)16(12)27/h12-20,26-29H,5-11H2,1-4H3/t12-,13+,14?,15?,16+,17?,18-,19-,20?,21+,22+,23+,24?/m1/s1. The van der Waals surface area contributed by atoms with Gasteiger partial charge in [-0.3, -0.25) is 4.90 Å². The fraction of sp³-hybridized carbons (Fsp3) is 1.00. The maximum Gasteiger partial charge on any atom is 0.0832 e. The van der Waals surface area contributed by atoms with Crippen molar-refractivity contribution in [3.8, 4) is 0 Å². The Bertz CT molecular complexity index is 798. The zero-order valence-electron chi connectivity index (χ0n) is 19.6. The van der Waals surface area contributed by atoms with Gasteiger partial charge in [0.05, 0.1) is 42.2 Å². The summed E-state index contributed by atoms with van der Waals surface area (Å²) in [5.41, 5.74) is -3.93. The first-order valence-corrected chi connectivity index (χ1v) is 12.3. The zero-order valence-corrected chi connectivity index (χ0v) is 19.6. The molecule has 1 aliphatic heterocycles. The minimum Gasteiger partial charge on any atom is -0.392 e. The maximum absolute atomic E-state index is 12.8. The molecule has 8 heteroatoms. The lowest BCUT2D eigenvalue weighted by Crippen LogP contribution is -2.82. The van der Waals surface area contributed by atoms with E-state index < -0.39 is 34.7 Å². The van der Waals surface area contributed by atoms with Gasteiger partial charge in [-0.2, -0.15) is 0 Å². The lowest BCUT2D eigenvalue weighted by atomic mass is 9.41. The molecule has 0 radical (unpaired) electrons. The number of nitrogens with zero attached hydrogens (tertiary/aromatic N) is 1. The van der Waals surface area contributed by atoms with Crippen molar-refractivity contribution in [2.45, 2.75) is 74.3 Å². The molecule has 5 unspecified atom stereocenters. The number of methoxy groups -OCH3 is 3. The first-order valence-electron chi connectivity index (χ1n) is 12.3. The van der Waals surface area contributed by atoms with Crippen LogP contribution in [0.1, 0.15) is 32.6 Å². The summed E-state index contributed by atoms with van der Waals surface area (Å²) in [7, 11) is 5.02. The lowest BCUT2D eigenvalue weighted by Gasteiger charge is -2.71. The number of likely N-dealkylation sites (tertiary alicyclic amines) is 1. The molecule has 13 atom stereocenters. The largest absolute Gasteiger partial charge is 0.392 e. The third-order valence-corrected chi connectivity index (χ3v) is 11.2. The van der Waals surface area contributed by atoms with Crippen LogP contribution in [0, 0.1) is 34.5 Å². The van der Waals surface area contributed by atoms with Crippen LogP contribution in [0.15, 0.2) is 0 Å². The van der Waals surface area contributed by atoms with E-state index in [1.165, 1.54) is 0 Å². The fourth-order valence-corrected chi connectivity index (χ4v) is 10.7. The van der Waals surface area contributed by atoms with E-state index in [9.17, 15) is 20.4 Å². The van der Waals surface area contributed by atoms with Crippen LogP contribution in [-0.2, 0) is 14.2 Å². The first-order chi connectivity index (χ1) is 15.2. The number of hydrogen-bond acceptors (Lipinski definition) is 8. The summed E-state index contributed by atoms with van der Waals surface area (Å²) in [4.78, 5) is 2.37. The van der Waals surface area contributed by atoms with E-state index >= 15 is 0 Å². The van der Waals surface area contributed by atoms with Crippen molar-refractivity contribution in [2.75, 3.05) is 41.0 Å². The molecule has 0 amide bonds. The molecule has 1 saturated heterocycles. The minimum atomic E-state index is -1.41. The molecular formula is C24H39NO7. The molecule has 0 aromatic rings. The number of hydrogen-bond donors (Lipinski definition) is 4. The highest BCUT2D eigenvalue weighted by Crippen LogP contribution is 2.80. The van der Waals surface area contributed by atoms with E-state index in [-0.39, 0.29) is 41.4 Å². The Morgan fingerprint density at radius 3 is 2.41 bits per heavy atom. The quantitative estimate of drug-likeness (QED) is 0.446. The predicted octanol–water partition coefficient (Wildman–Crippen LogP) is -0.383. The Labute approximate surface area is 189 Å². The number of aliphatic hydroxyl groups is 4. The number of ether oxygens (including phenoxy) is 3. The van der Waals surface area contributed by atoms with E-state index in [4.69, 9.17) is 14.2 Å². The van der Waals surface area contributed by atoms with E-state index in [2.05, 4.69) is 11.8 Å². The molecule has 6 fully saturated rings. The Morgan fingerprint density at radius 2 is 1.78 bits per heavy atom. The van der Waals surface area contributed by atoms with Gasteiger partial charge in [-0.1, -0.05) is 6.92 Å². The van der Waals surface area contributed by atoms with Crippen molar-refractivity contribution < 1.29 is 34.6 Å². The average Bonchev–Trinajstić information content (AvgIpc) is 3.15. The van der Waals surface area contributed by atoms with Crippen LogP contribution in [0.5, 0.6) is 0 Å². The molecule has 5 saturated carbocycles. The van der Waals surface area contributed by atoms with Crippen molar-refractivity contribution in [1.29, 1.82) is 0 Å². The summed E-state index contributed by atoms with van der Waals surface area (Å²) in [6.07, 6.45) is -0.229. The molecule has 6 rings (SSSR count). The number of aliphatic hydroxyl groups excluding tert-OH is 2. The highest BCUT2D eigenvalue weighted by molar-refractivity contribution is 5.40. The number of fused-ring (bicyclic) bond motifs is 2. The molecule has 32 heavy (non-hydrogen) atoms. The van der Waals surface area contributed by atoms with Crippen LogP contribution in [0.2, 0.25) is 0 Å². The summed E-state index contributed by atoms with van der Waals surface area (Å²) >= 11 is 0. The fourth-order valence-electron chi connectivity index (χ4n) is 10.7. The summed E-state index contributed by atoms with van der Waals surface area (Å²) in [6.45, 7) is 4.18.